The number of ether oxygens (including phenoxy) is 2. The summed E-state index contributed by atoms with van der Waals surface area (Å²) >= 11 is 0. The van der Waals surface area contributed by atoms with Crippen LogP contribution in [0.4, 0.5) is 9.59 Å². The molecule has 0 spiro atoms. The van der Waals surface area contributed by atoms with Gasteiger partial charge >= 0.3 is 18.2 Å². The van der Waals surface area contributed by atoms with Crippen molar-refractivity contribution in [2.45, 2.75) is 44.6 Å². The summed E-state index contributed by atoms with van der Waals surface area (Å²) in [5.74, 6) is -0.115. The Labute approximate surface area is 205 Å². The summed E-state index contributed by atoms with van der Waals surface area (Å²) in [7, 11) is 0. The number of nitrogens with one attached hydrogen (secondary N) is 2. The molecule has 0 bridgehead atoms. The largest absolute Gasteiger partial charge is 0.480 e. The van der Waals surface area contributed by atoms with Gasteiger partial charge in [-0.2, -0.15) is 0 Å². The zero-order valence-electron chi connectivity index (χ0n) is 19.9. The van der Waals surface area contributed by atoms with E-state index in [9.17, 15) is 19.5 Å². The van der Waals surface area contributed by atoms with E-state index in [-0.39, 0.29) is 18.9 Å². The molecule has 2 unspecified atom stereocenters. The van der Waals surface area contributed by atoms with Crippen LogP contribution in [0.25, 0.3) is 11.1 Å². The Morgan fingerprint density at radius 2 is 1.54 bits per heavy atom. The van der Waals surface area contributed by atoms with Crippen LogP contribution < -0.4 is 10.6 Å². The van der Waals surface area contributed by atoms with E-state index in [1.807, 2.05) is 36.4 Å². The number of carbonyl (C=O) groups excluding carboxylic acids is 2. The van der Waals surface area contributed by atoms with Gasteiger partial charge in [0.1, 0.15) is 12.6 Å². The van der Waals surface area contributed by atoms with E-state index in [1.54, 1.807) is 0 Å². The molecule has 0 radical (unpaired) electrons. The lowest BCUT2D eigenvalue weighted by atomic mass is 9.98. The van der Waals surface area contributed by atoms with Crippen LogP contribution in [0.5, 0.6) is 0 Å². The SMILES string of the molecule is CC1CC1COC(=O)NCCCC[C@H](NC(=O)OCC1c2ccccc2-c2ccccc21)C(=O)O. The molecule has 0 aliphatic heterocycles. The highest BCUT2D eigenvalue weighted by Gasteiger charge is 2.33. The molecule has 2 aliphatic carbocycles. The zero-order valence-corrected chi connectivity index (χ0v) is 19.9. The van der Waals surface area contributed by atoms with Gasteiger partial charge in [-0.25, -0.2) is 14.4 Å². The summed E-state index contributed by atoms with van der Waals surface area (Å²) in [6.45, 7) is 3.08. The number of unbranched alkanes of at least 4 members (excludes halogenated alkanes) is 1. The van der Waals surface area contributed by atoms with Gasteiger partial charge < -0.3 is 25.2 Å². The number of rotatable bonds is 11. The van der Waals surface area contributed by atoms with Crippen LogP contribution in [0, 0.1) is 11.8 Å². The molecule has 2 aromatic rings. The Morgan fingerprint density at radius 1 is 0.943 bits per heavy atom. The maximum absolute atomic E-state index is 12.4. The highest BCUT2D eigenvalue weighted by molar-refractivity contribution is 5.81. The van der Waals surface area contributed by atoms with Gasteiger partial charge in [-0.3, -0.25) is 0 Å². The number of carbonyl (C=O) groups is 3. The van der Waals surface area contributed by atoms with Crippen molar-refractivity contribution in [1.29, 1.82) is 0 Å². The Bertz CT molecular complexity index is 1030. The quantitative estimate of drug-likeness (QED) is 0.407. The molecule has 35 heavy (non-hydrogen) atoms. The highest BCUT2D eigenvalue weighted by Crippen LogP contribution is 2.44. The molecule has 1 fully saturated rings. The molecule has 186 valence electrons. The van der Waals surface area contributed by atoms with Crippen LogP contribution in [0.3, 0.4) is 0 Å². The number of carboxylic acids is 1. The lowest BCUT2D eigenvalue weighted by Crippen LogP contribution is -2.41. The van der Waals surface area contributed by atoms with Crippen molar-refractivity contribution in [2.24, 2.45) is 11.8 Å². The number of carboxylic acid groups (broad SMARTS) is 1. The molecular formula is C27H32N2O6. The average molecular weight is 481 g/mol. The lowest BCUT2D eigenvalue weighted by molar-refractivity contribution is -0.139. The number of hydrogen-bond acceptors (Lipinski definition) is 5. The van der Waals surface area contributed by atoms with Crippen LogP contribution in [-0.4, -0.2) is 49.1 Å². The fourth-order valence-corrected chi connectivity index (χ4v) is 4.57. The van der Waals surface area contributed by atoms with Gasteiger partial charge in [0.15, 0.2) is 0 Å². The Kier molecular flexibility index (Phi) is 7.90. The molecule has 1 saturated carbocycles. The van der Waals surface area contributed by atoms with Crippen molar-refractivity contribution in [2.75, 3.05) is 19.8 Å². The second kappa shape index (κ2) is 11.3. The first-order valence-corrected chi connectivity index (χ1v) is 12.2. The van der Waals surface area contributed by atoms with Gasteiger partial charge in [0.2, 0.25) is 0 Å². The number of fused-ring (bicyclic) bond motifs is 3. The van der Waals surface area contributed by atoms with E-state index in [0.29, 0.717) is 37.8 Å². The molecule has 0 aromatic heterocycles. The van der Waals surface area contributed by atoms with Crippen LogP contribution in [-0.2, 0) is 14.3 Å². The molecule has 3 atom stereocenters. The van der Waals surface area contributed by atoms with E-state index in [0.717, 1.165) is 28.7 Å². The zero-order chi connectivity index (χ0) is 24.8. The smallest absolute Gasteiger partial charge is 0.407 e. The Hall–Kier alpha value is -3.55. The molecule has 2 amide bonds. The number of amides is 2. The molecule has 4 rings (SSSR count). The highest BCUT2D eigenvalue weighted by atomic mass is 16.6. The summed E-state index contributed by atoms with van der Waals surface area (Å²) in [6.07, 6.45) is 1.22. The number of benzene rings is 2. The summed E-state index contributed by atoms with van der Waals surface area (Å²) < 4.78 is 10.6. The topological polar surface area (TPSA) is 114 Å². The summed E-state index contributed by atoms with van der Waals surface area (Å²) in [4.78, 5) is 35.7. The molecule has 2 aliphatic rings. The van der Waals surface area contributed by atoms with Crippen LogP contribution >= 0.6 is 0 Å². The molecule has 3 N–H and O–H groups in total. The first kappa shape index (κ1) is 24.6. The van der Waals surface area contributed by atoms with E-state index in [1.165, 1.54) is 0 Å². The fourth-order valence-electron chi connectivity index (χ4n) is 4.57. The van der Waals surface area contributed by atoms with Crippen molar-refractivity contribution < 1.29 is 29.0 Å². The van der Waals surface area contributed by atoms with E-state index >= 15 is 0 Å². The summed E-state index contributed by atoms with van der Waals surface area (Å²) in [5.41, 5.74) is 4.43. The monoisotopic (exact) mass is 480 g/mol. The lowest BCUT2D eigenvalue weighted by Gasteiger charge is -2.17. The van der Waals surface area contributed by atoms with Gasteiger partial charge in [-0.1, -0.05) is 55.5 Å². The second-order valence-electron chi connectivity index (χ2n) is 9.35. The normalized spacial score (nSPS) is 18.7. The maximum Gasteiger partial charge on any atom is 0.407 e. The van der Waals surface area contributed by atoms with Crippen molar-refractivity contribution in [3.05, 3.63) is 59.7 Å². The minimum Gasteiger partial charge on any atom is -0.480 e. The standard InChI is InChI=1S/C27H32N2O6/c1-17-14-18(17)15-34-26(32)28-13-7-6-12-24(25(30)31)29-27(33)35-16-23-21-10-4-2-8-19(21)20-9-3-5-11-22(20)23/h2-5,8-11,17-18,23-24H,6-7,12-16H2,1H3,(H,28,32)(H,29,33)(H,30,31)/t17?,18?,24-/m0/s1. The minimum atomic E-state index is -1.12. The molecule has 8 heteroatoms. The van der Waals surface area contributed by atoms with Crippen LogP contribution in [0.1, 0.15) is 49.7 Å². The van der Waals surface area contributed by atoms with Crippen molar-refractivity contribution in [3.8, 4) is 11.1 Å². The van der Waals surface area contributed by atoms with Crippen LogP contribution in [0.2, 0.25) is 0 Å². The summed E-state index contributed by atoms with van der Waals surface area (Å²) in [6, 6.07) is 15.0. The van der Waals surface area contributed by atoms with Gasteiger partial charge in [-0.05, 0) is 59.8 Å². The van der Waals surface area contributed by atoms with Gasteiger partial charge in [0.25, 0.3) is 0 Å². The molecular weight excluding hydrogens is 448 g/mol. The van der Waals surface area contributed by atoms with Crippen molar-refractivity contribution in [1.82, 2.24) is 10.6 Å². The third-order valence-electron chi connectivity index (χ3n) is 6.83. The molecule has 2 aromatic carbocycles. The fraction of sp³-hybridized carbons (Fsp3) is 0.444. The first-order chi connectivity index (χ1) is 16.9. The van der Waals surface area contributed by atoms with Gasteiger partial charge in [0.05, 0.1) is 6.61 Å². The van der Waals surface area contributed by atoms with Gasteiger partial charge in [0, 0.05) is 12.5 Å². The Morgan fingerprint density at radius 3 is 2.14 bits per heavy atom. The maximum atomic E-state index is 12.4. The first-order valence-electron chi connectivity index (χ1n) is 12.2. The number of alkyl carbamates (subject to hydrolysis) is 2. The second-order valence-corrected chi connectivity index (χ2v) is 9.35. The van der Waals surface area contributed by atoms with E-state index < -0.39 is 24.2 Å². The number of hydrogen-bond donors (Lipinski definition) is 3. The third-order valence-corrected chi connectivity index (χ3v) is 6.83. The van der Waals surface area contributed by atoms with Gasteiger partial charge in [-0.15, -0.1) is 0 Å². The van der Waals surface area contributed by atoms with Crippen molar-refractivity contribution >= 4 is 18.2 Å². The summed E-state index contributed by atoms with van der Waals surface area (Å²) in [5, 5.41) is 14.6. The van der Waals surface area contributed by atoms with E-state index in [2.05, 4.69) is 29.7 Å². The molecule has 0 saturated heterocycles. The molecule has 0 heterocycles. The predicted molar refractivity (Wildman–Crippen MR) is 130 cm³/mol. The van der Waals surface area contributed by atoms with Crippen LogP contribution in [0.15, 0.2) is 48.5 Å². The predicted octanol–water partition coefficient (Wildman–Crippen LogP) is 4.53. The minimum absolute atomic E-state index is 0.0922. The average Bonchev–Trinajstić information content (AvgIpc) is 3.47. The molecule has 8 nitrogen and oxygen atoms in total. The Balaban J connectivity index is 1.19. The third kappa shape index (κ3) is 6.32. The number of aliphatic carboxylic acids is 1. The van der Waals surface area contributed by atoms with Crippen molar-refractivity contribution in [3.63, 3.8) is 0 Å². The van der Waals surface area contributed by atoms with E-state index in [4.69, 9.17) is 9.47 Å².